The smallest absolute Gasteiger partial charge is 0.159 e. The molecule has 0 radical (unpaired) electrons. The number of nitrogens with zero attached hydrogens (tertiary/aromatic N) is 1. The Balaban J connectivity index is 1.34. The maximum Gasteiger partial charge on any atom is 0.159 e. The van der Waals surface area contributed by atoms with Crippen LogP contribution in [0.2, 0.25) is 0 Å². The number of hydrogen-bond acceptors (Lipinski definition) is 2. The van der Waals surface area contributed by atoms with Gasteiger partial charge in [0, 0.05) is 27.6 Å². The Kier molecular flexibility index (Phi) is 7.90. The SMILES string of the molecule is CC(C)(C)c1ccc(-c2ccc(N(c3ccc4c(c3)C(C)(C)c3ccccc3-4)c3cccc4c3oc3cc(C(C)(C)C)cc(C(C)(C)C)c34)cc2)cc1. The number of benzene rings is 6. The van der Waals surface area contributed by atoms with Gasteiger partial charge in [-0.3, -0.25) is 0 Å². The summed E-state index contributed by atoms with van der Waals surface area (Å²) in [5.74, 6) is 0. The maximum absolute atomic E-state index is 7.05. The van der Waals surface area contributed by atoms with Gasteiger partial charge in [-0.1, -0.05) is 161 Å². The highest BCUT2D eigenvalue weighted by atomic mass is 16.3. The fraction of sp³-hybridized carbons (Fsp3) is 0.294. The van der Waals surface area contributed by atoms with E-state index in [0.717, 1.165) is 33.6 Å². The summed E-state index contributed by atoms with van der Waals surface area (Å²) < 4.78 is 7.05. The molecule has 0 atom stereocenters. The van der Waals surface area contributed by atoms with Crippen molar-refractivity contribution in [3.8, 4) is 22.3 Å². The second-order valence-electron chi connectivity index (χ2n) is 18.8. The van der Waals surface area contributed by atoms with Crippen molar-refractivity contribution in [2.75, 3.05) is 4.90 Å². The summed E-state index contributed by atoms with van der Waals surface area (Å²) in [6, 6.07) is 45.3. The molecule has 0 amide bonds. The molecule has 7 aromatic rings. The average molecular weight is 696 g/mol. The Morgan fingerprint density at radius 3 is 1.75 bits per heavy atom. The van der Waals surface area contributed by atoms with Crippen LogP contribution in [-0.4, -0.2) is 0 Å². The molecule has 2 heteroatoms. The molecule has 1 aliphatic rings. The lowest BCUT2D eigenvalue weighted by atomic mass is 9.79. The van der Waals surface area contributed by atoms with E-state index in [0.29, 0.717) is 0 Å². The van der Waals surface area contributed by atoms with Crippen molar-refractivity contribution in [2.24, 2.45) is 0 Å². The normalized spacial score (nSPS) is 14.1. The van der Waals surface area contributed by atoms with Crippen LogP contribution in [0.15, 0.2) is 126 Å². The molecule has 1 aromatic heterocycles. The number of anilines is 3. The van der Waals surface area contributed by atoms with Gasteiger partial charge >= 0.3 is 0 Å². The molecule has 268 valence electrons. The zero-order valence-corrected chi connectivity index (χ0v) is 33.4. The van der Waals surface area contributed by atoms with E-state index in [9.17, 15) is 0 Å². The fourth-order valence-electron chi connectivity index (χ4n) is 8.34. The van der Waals surface area contributed by atoms with Crippen molar-refractivity contribution in [1.29, 1.82) is 0 Å². The lowest BCUT2D eigenvalue weighted by Crippen LogP contribution is -2.16. The lowest BCUT2D eigenvalue weighted by molar-refractivity contribution is 0.569. The second-order valence-corrected chi connectivity index (χ2v) is 18.8. The van der Waals surface area contributed by atoms with Gasteiger partial charge in [0.25, 0.3) is 0 Å². The minimum absolute atomic E-state index is 0.00829. The van der Waals surface area contributed by atoms with E-state index in [-0.39, 0.29) is 21.7 Å². The van der Waals surface area contributed by atoms with Crippen molar-refractivity contribution in [3.63, 3.8) is 0 Å². The van der Waals surface area contributed by atoms with Crippen molar-refractivity contribution in [3.05, 3.63) is 149 Å². The molecule has 0 bridgehead atoms. The first-order valence-electron chi connectivity index (χ1n) is 19.2. The molecule has 0 aliphatic heterocycles. The van der Waals surface area contributed by atoms with Crippen LogP contribution in [0.4, 0.5) is 17.1 Å². The van der Waals surface area contributed by atoms with E-state index < -0.39 is 0 Å². The summed E-state index contributed by atoms with van der Waals surface area (Å²) >= 11 is 0. The Hall–Kier alpha value is -5.08. The maximum atomic E-state index is 7.05. The lowest BCUT2D eigenvalue weighted by Gasteiger charge is -2.28. The van der Waals surface area contributed by atoms with E-state index in [4.69, 9.17) is 4.42 Å². The topological polar surface area (TPSA) is 16.4 Å². The van der Waals surface area contributed by atoms with E-state index >= 15 is 0 Å². The molecular weight excluding hydrogens is 643 g/mol. The van der Waals surface area contributed by atoms with Crippen LogP contribution in [0.1, 0.15) is 104 Å². The third-order valence-electron chi connectivity index (χ3n) is 11.5. The number of fused-ring (bicyclic) bond motifs is 6. The first kappa shape index (κ1) is 35.0. The van der Waals surface area contributed by atoms with Gasteiger partial charge in [0.2, 0.25) is 0 Å². The second kappa shape index (κ2) is 12.0. The molecule has 0 unspecified atom stereocenters. The predicted molar refractivity (Wildman–Crippen MR) is 228 cm³/mol. The van der Waals surface area contributed by atoms with Crippen molar-refractivity contribution >= 4 is 39.0 Å². The third-order valence-corrected chi connectivity index (χ3v) is 11.5. The summed E-state index contributed by atoms with van der Waals surface area (Å²) in [6.07, 6.45) is 0. The van der Waals surface area contributed by atoms with Crippen molar-refractivity contribution in [1.82, 2.24) is 0 Å². The van der Waals surface area contributed by atoms with Crippen LogP contribution < -0.4 is 4.90 Å². The first-order chi connectivity index (χ1) is 24.9. The van der Waals surface area contributed by atoms with Crippen molar-refractivity contribution in [2.45, 2.75) is 97.8 Å². The van der Waals surface area contributed by atoms with Crippen molar-refractivity contribution < 1.29 is 4.42 Å². The van der Waals surface area contributed by atoms with Gasteiger partial charge in [0.15, 0.2) is 5.58 Å². The molecule has 0 saturated heterocycles. The van der Waals surface area contributed by atoms with Gasteiger partial charge in [-0.25, -0.2) is 0 Å². The highest BCUT2D eigenvalue weighted by Gasteiger charge is 2.36. The molecule has 2 nitrogen and oxygen atoms in total. The molecule has 0 fully saturated rings. The van der Waals surface area contributed by atoms with Crippen LogP contribution >= 0.6 is 0 Å². The minimum atomic E-state index is -0.118. The van der Waals surface area contributed by atoms with E-state index in [2.05, 4.69) is 202 Å². The molecular formula is C51H53NO. The van der Waals surface area contributed by atoms with Gasteiger partial charge in [-0.05, 0) is 103 Å². The van der Waals surface area contributed by atoms with Crippen LogP contribution in [0.25, 0.3) is 44.2 Å². The highest BCUT2D eigenvalue weighted by molar-refractivity contribution is 6.12. The van der Waals surface area contributed by atoms with Crippen LogP contribution in [0.5, 0.6) is 0 Å². The molecule has 1 aliphatic carbocycles. The third kappa shape index (κ3) is 5.88. The van der Waals surface area contributed by atoms with Crippen LogP contribution in [0.3, 0.4) is 0 Å². The van der Waals surface area contributed by atoms with Crippen LogP contribution in [0, 0.1) is 0 Å². The molecule has 53 heavy (non-hydrogen) atoms. The molecule has 0 spiro atoms. The first-order valence-corrected chi connectivity index (χ1v) is 19.2. The quantitative estimate of drug-likeness (QED) is 0.182. The molecule has 1 heterocycles. The monoisotopic (exact) mass is 695 g/mol. The largest absolute Gasteiger partial charge is 0.454 e. The Labute approximate surface area is 316 Å². The summed E-state index contributed by atoms with van der Waals surface area (Å²) in [5, 5.41) is 2.36. The van der Waals surface area contributed by atoms with E-state index in [1.165, 1.54) is 55.5 Å². The number of rotatable bonds is 4. The predicted octanol–water partition coefficient (Wildman–Crippen LogP) is 14.9. The Morgan fingerprint density at radius 2 is 1.11 bits per heavy atom. The van der Waals surface area contributed by atoms with Gasteiger partial charge < -0.3 is 9.32 Å². The van der Waals surface area contributed by atoms with Gasteiger partial charge in [-0.2, -0.15) is 0 Å². The fourth-order valence-corrected chi connectivity index (χ4v) is 8.34. The highest BCUT2D eigenvalue weighted by Crippen LogP contribution is 2.52. The summed E-state index contributed by atoms with van der Waals surface area (Å²) in [5.41, 5.74) is 16.8. The number of para-hydroxylation sites is 1. The minimum Gasteiger partial charge on any atom is -0.454 e. The number of hydrogen-bond donors (Lipinski definition) is 0. The Morgan fingerprint density at radius 1 is 0.509 bits per heavy atom. The zero-order valence-electron chi connectivity index (χ0n) is 33.4. The molecule has 0 saturated carbocycles. The number of furan rings is 1. The average Bonchev–Trinajstić information content (AvgIpc) is 3.60. The van der Waals surface area contributed by atoms with E-state index in [1.807, 2.05) is 0 Å². The van der Waals surface area contributed by atoms with Crippen LogP contribution in [-0.2, 0) is 21.7 Å². The molecule has 6 aromatic carbocycles. The summed E-state index contributed by atoms with van der Waals surface area (Å²) in [6.45, 7) is 25.3. The Bertz CT molecular complexity index is 2510. The zero-order chi connectivity index (χ0) is 37.7. The van der Waals surface area contributed by atoms with Gasteiger partial charge in [0.05, 0.1) is 5.69 Å². The summed E-state index contributed by atoms with van der Waals surface area (Å²) in [4.78, 5) is 2.40. The van der Waals surface area contributed by atoms with Gasteiger partial charge in [-0.15, -0.1) is 0 Å². The standard InChI is InChI=1S/C51H53NO/c1-48(2,3)34-23-19-32(20-24-34)33-21-25-36(26-22-33)52(37-27-28-39-38-15-12-13-17-41(38)51(10,11)42(39)31-37)44-18-14-16-40-46-43(50(7,8)9)29-35(49(4,5)6)30-45(46)53-47(40)44/h12-31H,1-11H3. The van der Waals surface area contributed by atoms with E-state index in [1.54, 1.807) is 0 Å². The molecule has 0 N–H and O–H groups in total. The molecule has 8 rings (SSSR count). The summed E-state index contributed by atoms with van der Waals surface area (Å²) in [7, 11) is 0. The van der Waals surface area contributed by atoms with Gasteiger partial charge in [0.1, 0.15) is 5.58 Å².